The number of aryl methyl sites for hydroxylation is 3. The van der Waals surface area contributed by atoms with E-state index in [1.54, 1.807) is 28.8 Å². The summed E-state index contributed by atoms with van der Waals surface area (Å²) >= 11 is 0. The van der Waals surface area contributed by atoms with E-state index in [2.05, 4.69) is 15.5 Å². The molecule has 0 unspecified atom stereocenters. The molecule has 2 rings (SSSR count). The minimum atomic E-state index is -0.128. The van der Waals surface area contributed by atoms with E-state index in [0.29, 0.717) is 12.1 Å². The molecule has 2 heterocycles. The maximum atomic E-state index is 11.8. The van der Waals surface area contributed by atoms with E-state index in [1.165, 1.54) is 0 Å². The molecular formula is C11H15N5O. The van der Waals surface area contributed by atoms with E-state index in [9.17, 15) is 4.79 Å². The SMILES string of the molecule is Cc1cc(CNC(=O)c2cnn(C)c2)n(C)n1. The van der Waals surface area contributed by atoms with Crippen molar-refractivity contribution in [3.8, 4) is 0 Å². The minimum absolute atomic E-state index is 0.128. The van der Waals surface area contributed by atoms with Gasteiger partial charge in [-0.25, -0.2) is 0 Å². The van der Waals surface area contributed by atoms with Gasteiger partial charge in [0, 0.05) is 20.3 Å². The molecule has 0 atom stereocenters. The molecule has 0 aliphatic heterocycles. The number of rotatable bonds is 3. The van der Waals surface area contributed by atoms with Crippen LogP contribution >= 0.6 is 0 Å². The second-order valence-electron chi connectivity index (χ2n) is 3.99. The Bertz CT molecular complexity index is 540. The maximum Gasteiger partial charge on any atom is 0.254 e. The van der Waals surface area contributed by atoms with E-state index >= 15 is 0 Å². The highest BCUT2D eigenvalue weighted by molar-refractivity contribution is 5.93. The van der Waals surface area contributed by atoms with Gasteiger partial charge in [-0.2, -0.15) is 10.2 Å². The topological polar surface area (TPSA) is 64.7 Å². The summed E-state index contributed by atoms with van der Waals surface area (Å²) in [5.41, 5.74) is 2.48. The Labute approximate surface area is 99.2 Å². The summed E-state index contributed by atoms with van der Waals surface area (Å²) in [6.45, 7) is 2.39. The normalized spacial score (nSPS) is 10.5. The van der Waals surface area contributed by atoms with Crippen LogP contribution in [-0.4, -0.2) is 25.5 Å². The van der Waals surface area contributed by atoms with Crippen molar-refractivity contribution in [2.24, 2.45) is 14.1 Å². The lowest BCUT2D eigenvalue weighted by Crippen LogP contribution is -2.23. The van der Waals surface area contributed by atoms with Crippen molar-refractivity contribution in [1.29, 1.82) is 0 Å². The van der Waals surface area contributed by atoms with Gasteiger partial charge in [-0.1, -0.05) is 0 Å². The van der Waals surface area contributed by atoms with Crippen LogP contribution in [0.3, 0.4) is 0 Å². The summed E-state index contributed by atoms with van der Waals surface area (Å²) in [4.78, 5) is 11.8. The third kappa shape index (κ3) is 2.52. The summed E-state index contributed by atoms with van der Waals surface area (Å²) in [5, 5.41) is 11.0. The number of carbonyl (C=O) groups is 1. The van der Waals surface area contributed by atoms with Crippen molar-refractivity contribution in [2.75, 3.05) is 0 Å². The molecule has 2 aromatic rings. The Morgan fingerprint density at radius 2 is 2.24 bits per heavy atom. The molecule has 0 saturated heterocycles. The van der Waals surface area contributed by atoms with Crippen molar-refractivity contribution < 1.29 is 4.79 Å². The van der Waals surface area contributed by atoms with Crippen molar-refractivity contribution in [1.82, 2.24) is 24.9 Å². The van der Waals surface area contributed by atoms with E-state index < -0.39 is 0 Å². The van der Waals surface area contributed by atoms with Crippen LogP contribution in [0, 0.1) is 6.92 Å². The second-order valence-corrected chi connectivity index (χ2v) is 3.99. The second kappa shape index (κ2) is 4.40. The molecule has 6 heteroatoms. The lowest BCUT2D eigenvalue weighted by molar-refractivity contribution is 0.0950. The number of nitrogens with zero attached hydrogens (tertiary/aromatic N) is 4. The van der Waals surface area contributed by atoms with E-state index in [4.69, 9.17) is 0 Å². The molecule has 1 amide bonds. The van der Waals surface area contributed by atoms with Crippen molar-refractivity contribution in [3.63, 3.8) is 0 Å². The number of amides is 1. The summed E-state index contributed by atoms with van der Waals surface area (Å²) in [6, 6.07) is 1.95. The first-order chi connectivity index (χ1) is 8.06. The molecule has 2 aromatic heterocycles. The Hall–Kier alpha value is -2.11. The highest BCUT2D eigenvalue weighted by Gasteiger charge is 2.08. The molecule has 0 aliphatic carbocycles. The van der Waals surface area contributed by atoms with Gasteiger partial charge in [-0.05, 0) is 13.0 Å². The fourth-order valence-corrected chi connectivity index (χ4v) is 1.64. The summed E-state index contributed by atoms with van der Waals surface area (Å²) in [6.07, 6.45) is 3.23. The molecule has 1 N–H and O–H groups in total. The van der Waals surface area contributed by atoms with Gasteiger partial charge in [0.1, 0.15) is 0 Å². The van der Waals surface area contributed by atoms with Gasteiger partial charge < -0.3 is 5.32 Å². The summed E-state index contributed by atoms with van der Waals surface area (Å²) in [5.74, 6) is -0.128. The fraction of sp³-hybridized carbons (Fsp3) is 0.364. The molecule has 0 saturated carbocycles. The van der Waals surface area contributed by atoms with Gasteiger partial charge in [0.15, 0.2) is 0 Å². The molecule has 0 aromatic carbocycles. The monoisotopic (exact) mass is 233 g/mol. The molecule has 0 fully saturated rings. The van der Waals surface area contributed by atoms with Gasteiger partial charge in [-0.3, -0.25) is 14.2 Å². The van der Waals surface area contributed by atoms with E-state index in [-0.39, 0.29) is 5.91 Å². The number of aromatic nitrogens is 4. The molecule has 0 aliphatic rings. The lowest BCUT2D eigenvalue weighted by atomic mass is 10.3. The van der Waals surface area contributed by atoms with Gasteiger partial charge >= 0.3 is 0 Å². The first-order valence-corrected chi connectivity index (χ1v) is 5.32. The largest absolute Gasteiger partial charge is 0.346 e. The summed E-state index contributed by atoms with van der Waals surface area (Å²) < 4.78 is 3.36. The Kier molecular flexibility index (Phi) is 2.95. The first kappa shape index (κ1) is 11.4. The fourth-order valence-electron chi connectivity index (χ4n) is 1.64. The zero-order chi connectivity index (χ0) is 12.4. The molecule has 0 radical (unpaired) electrons. The van der Waals surface area contributed by atoms with Crippen LogP contribution in [0.15, 0.2) is 18.5 Å². The standard InChI is InChI=1S/C11H15N5O/c1-8-4-10(16(3)14-8)6-12-11(17)9-5-13-15(2)7-9/h4-5,7H,6H2,1-3H3,(H,12,17). The zero-order valence-corrected chi connectivity index (χ0v) is 10.1. The van der Waals surface area contributed by atoms with Crippen LogP contribution in [-0.2, 0) is 20.6 Å². The highest BCUT2D eigenvalue weighted by atomic mass is 16.1. The molecule has 0 bridgehead atoms. The third-order valence-corrected chi connectivity index (χ3v) is 2.50. The lowest BCUT2D eigenvalue weighted by Gasteiger charge is -2.03. The Morgan fingerprint density at radius 3 is 2.76 bits per heavy atom. The van der Waals surface area contributed by atoms with Crippen molar-refractivity contribution in [2.45, 2.75) is 13.5 Å². The highest BCUT2D eigenvalue weighted by Crippen LogP contribution is 2.02. The van der Waals surface area contributed by atoms with Crippen LogP contribution in [0.1, 0.15) is 21.7 Å². The quantitative estimate of drug-likeness (QED) is 0.834. The smallest absolute Gasteiger partial charge is 0.254 e. The zero-order valence-electron chi connectivity index (χ0n) is 10.1. The predicted octanol–water partition coefficient (Wildman–Crippen LogP) is 0.392. The van der Waals surface area contributed by atoms with Crippen LogP contribution in [0.25, 0.3) is 0 Å². The van der Waals surface area contributed by atoms with E-state index in [1.807, 2.05) is 20.0 Å². The van der Waals surface area contributed by atoms with Gasteiger partial charge in [0.2, 0.25) is 0 Å². The molecule has 90 valence electrons. The minimum Gasteiger partial charge on any atom is -0.346 e. The summed E-state index contributed by atoms with van der Waals surface area (Å²) in [7, 11) is 3.64. The average Bonchev–Trinajstić information content (AvgIpc) is 2.82. The molecule has 6 nitrogen and oxygen atoms in total. The van der Waals surface area contributed by atoms with Crippen LogP contribution < -0.4 is 5.32 Å². The first-order valence-electron chi connectivity index (χ1n) is 5.32. The van der Waals surface area contributed by atoms with Crippen LogP contribution in [0.2, 0.25) is 0 Å². The van der Waals surface area contributed by atoms with Crippen LogP contribution in [0.4, 0.5) is 0 Å². The number of hydrogen-bond acceptors (Lipinski definition) is 3. The molecule has 0 spiro atoms. The number of hydrogen-bond donors (Lipinski definition) is 1. The Balaban J connectivity index is 1.99. The van der Waals surface area contributed by atoms with E-state index in [0.717, 1.165) is 11.4 Å². The maximum absolute atomic E-state index is 11.8. The predicted molar refractivity (Wildman–Crippen MR) is 62.3 cm³/mol. The van der Waals surface area contributed by atoms with Gasteiger partial charge in [-0.15, -0.1) is 0 Å². The van der Waals surface area contributed by atoms with Crippen LogP contribution in [0.5, 0.6) is 0 Å². The van der Waals surface area contributed by atoms with Gasteiger partial charge in [0.25, 0.3) is 5.91 Å². The third-order valence-electron chi connectivity index (χ3n) is 2.50. The van der Waals surface area contributed by atoms with Crippen molar-refractivity contribution in [3.05, 3.63) is 35.4 Å². The molecule has 17 heavy (non-hydrogen) atoms. The van der Waals surface area contributed by atoms with Gasteiger partial charge in [0.05, 0.1) is 29.7 Å². The number of carbonyl (C=O) groups excluding carboxylic acids is 1. The Morgan fingerprint density at radius 1 is 1.47 bits per heavy atom. The molecular weight excluding hydrogens is 218 g/mol. The number of nitrogens with one attached hydrogen (secondary N) is 1. The van der Waals surface area contributed by atoms with Crippen molar-refractivity contribution >= 4 is 5.91 Å². The average molecular weight is 233 g/mol.